The van der Waals surface area contributed by atoms with Crippen molar-refractivity contribution >= 4 is 0 Å². The average molecular weight is 480 g/mol. The quantitative estimate of drug-likeness (QED) is 0.247. The van der Waals surface area contributed by atoms with Gasteiger partial charge in [-0.2, -0.15) is 9.13 Å². The normalized spacial score (nSPS) is 10.7. The lowest BCUT2D eigenvalue weighted by Crippen LogP contribution is -2.29. The molecule has 0 saturated carbocycles. The van der Waals surface area contributed by atoms with Crippen molar-refractivity contribution < 1.29 is 13.9 Å². The first kappa shape index (κ1) is 22.4. The molecule has 0 fully saturated rings. The Bertz CT molecular complexity index is 1600. The van der Waals surface area contributed by atoms with Gasteiger partial charge in [0, 0.05) is 60.3 Å². The highest BCUT2D eigenvalue weighted by Crippen LogP contribution is 2.22. The molecule has 37 heavy (non-hydrogen) atoms. The highest BCUT2D eigenvalue weighted by molar-refractivity contribution is 5.62. The fraction of sp³-hybridized carbons (Fsp3) is 0. The van der Waals surface area contributed by atoms with Crippen molar-refractivity contribution in [2.45, 2.75) is 0 Å². The number of pyridine rings is 3. The van der Waals surface area contributed by atoms with Crippen LogP contribution < -0.4 is 13.9 Å². The molecule has 0 atom stereocenters. The molecule has 176 valence electrons. The van der Waals surface area contributed by atoms with Crippen molar-refractivity contribution in [3.05, 3.63) is 152 Å². The van der Waals surface area contributed by atoms with Crippen molar-refractivity contribution in [2.75, 3.05) is 0 Å². The topological polar surface area (TPSA) is 29.9 Å². The van der Waals surface area contributed by atoms with Gasteiger partial charge in [-0.1, -0.05) is 36.4 Å². The van der Waals surface area contributed by atoms with Gasteiger partial charge >= 0.3 is 0 Å². The molecule has 3 aromatic heterocycles. The second kappa shape index (κ2) is 10.3. The van der Waals surface area contributed by atoms with Crippen molar-refractivity contribution in [3.63, 3.8) is 0 Å². The van der Waals surface area contributed by atoms with Crippen LogP contribution in [0.3, 0.4) is 0 Å². The van der Waals surface area contributed by atoms with Gasteiger partial charge in [-0.05, 0) is 47.5 Å². The lowest BCUT2D eigenvalue weighted by atomic mass is 10.1. The molecule has 4 heteroatoms. The highest BCUT2D eigenvalue weighted by Gasteiger charge is 2.11. The summed E-state index contributed by atoms with van der Waals surface area (Å²) in [7, 11) is 0. The summed E-state index contributed by atoms with van der Waals surface area (Å²) in [4.78, 5) is 4.47. The lowest BCUT2D eigenvalue weighted by molar-refractivity contribution is -0.596. The summed E-state index contributed by atoms with van der Waals surface area (Å²) in [5, 5.41) is 0. The average Bonchev–Trinajstić information content (AvgIpc) is 2.99. The fourth-order valence-electron chi connectivity index (χ4n) is 4.25. The minimum atomic E-state index is 0.815. The number of hydrogen-bond acceptors (Lipinski definition) is 2. The molecular weight excluding hydrogens is 454 g/mol. The van der Waals surface area contributed by atoms with Crippen LogP contribution in [-0.4, -0.2) is 4.98 Å². The summed E-state index contributed by atoms with van der Waals surface area (Å²) < 4.78 is 10.1. The first-order valence-electron chi connectivity index (χ1n) is 12.2. The summed E-state index contributed by atoms with van der Waals surface area (Å²) in [5.41, 5.74) is 6.57. The molecule has 0 amide bonds. The van der Waals surface area contributed by atoms with Crippen LogP contribution >= 0.6 is 0 Å². The Hall–Kier alpha value is -5.09. The van der Waals surface area contributed by atoms with Crippen molar-refractivity contribution in [3.8, 4) is 45.3 Å². The molecule has 0 aliphatic carbocycles. The molecule has 0 spiro atoms. The second-order valence-corrected chi connectivity index (χ2v) is 8.66. The maximum Gasteiger partial charge on any atom is 0.211 e. The third-order valence-electron chi connectivity index (χ3n) is 6.21. The van der Waals surface area contributed by atoms with E-state index < -0.39 is 0 Å². The highest BCUT2D eigenvalue weighted by atomic mass is 16.5. The maximum atomic E-state index is 5.90. The molecule has 6 aromatic rings. The van der Waals surface area contributed by atoms with E-state index in [0.717, 1.165) is 45.3 Å². The summed E-state index contributed by atoms with van der Waals surface area (Å²) in [5.74, 6) is 1.65. The zero-order chi connectivity index (χ0) is 24.9. The van der Waals surface area contributed by atoms with E-state index in [4.69, 9.17) is 4.74 Å². The van der Waals surface area contributed by atoms with E-state index in [1.165, 1.54) is 0 Å². The molecule has 3 heterocycles. The third-order valence-corrected chi connectivity index (χ3v) is 6.21. The van der Waals surface area contributed by atoms with E-state index in [1.807, 2.05) is 66.9 Å². The monoisotopic (exact) mass is 479 g/mol. The van der Waals surface area contributed by atoms with Gasteiger partial charge in [0.05, 0.1) is 5.69 Å². The van der Waals surface area contributed by atoms with Crippen LogP contribution in [-0.2, 0) is 0 Å². The number of benzene rings is 3. The Morgan fingerprint density at radius 2 is 1.08 bits per heavy atom. The first-order chi connectivity index (χ1) is 18.3. The van der Waals surface area contributed by atoms with Gasteiger partial charge in [0.2, 0.25) is 11.4 Å². The van der Waals surface area contributed by atoms with E-state index in [9.17, 15) is 0 Å². The van der Waals surface area contributed by atoms with Gasteiger partial charge in [0.15, 0.2) is 24.8 Å². The minimum Gasteiger partial charge on any atom is -0.457 e. The van der Waals surface area contributed by atoms with Crippen molar-refractivity contribution in [1.29, 1.82) is 0 Å². The molecule has 0 bridgehead atoms. The van der Waals surface area contributed by atoms with Gasteiger partial charge in [0.1, 0.15) is 11.5 Å². The third kappa shape index (κ3) is 5.14. The zero-order valence-corrected chi connectivity index (χ0v) is 20.2. The number of hydrogen-bond donors (Lipinski definition) is 0. The SMILES string of the molecule is c1ccc(Oc2ccc(-[n+]3ccc(-c4cc[n+](-c5cccc(-c6ccccn6)c5)cc4)cc3)cc2)cc1. The van der Waals surface area contributed by atoms with Crippen LogP contribution in [0.1, 0.15) is 0 Å². The lowest BCUT2D eigenvalue weighted by Gasteiger charge is -2.05. The van der Waals surface area contributed by atoms with Gasteiger partial charge in [-0.25, -0.2) is 0 Å². The second-order valence-electron chi connectivity index (χ2n) is 8.66. The standard InChI is InChI=1S/C33H25N3O/c1-2-9-31(10-3-1)37-32-14-12-29(13-15-32)35-21-16-26(17-22-35)27-18-23-36(24-19-27)30-8-6-7-28(25-30)33-11-4-5-20-34-33/h1-25H/q+2. The number of para-hydroxylation sites is 1. The van der Waals surface area contributed by atoms with Crippen LogP contribution in [0.5, 0.6) is 11.5 Å². The largest absolute Gasteiger partial charge is 0.457 e. The van der Waals surface area contributed by atoms with E-state index in [0.29, 0.717) is 0 Å². The first-order valence-corrected chi connectivity index (χ1v) is 12.2. The summed E-state index contributed by atoms with van der Waals surface area (Å²) >= 11 is 0. The Morgan fingerprint density at radius 1 is 0.459 bits per heavy atom. The molecular formula is C33H25N3O+2. The van der Waals surface area contributed by atoms with Crippen LogP contribution in [0, 0.1) is 0 Å². The zero-order valence-electron chi connectivity index (χ0n) is 20.2. The van der Waals surface area contributed by atoms with Crippen LogP contribution in [0.4, 0.5) is 0 Å². The Balaban J connectivity index is 1.17. The predicted molar refractivity (Wildman–Crippen MR) is 145 cm³/mol. The number of nitrogens with zero attached hydrogens (tertiary/aromatic N) is 3. The van der Waals surface area contributed by atoms with E-state index in [2.05, 4.69) is 99.6 Å². The Kier molecular flexibility index (Phi) is 6.21. The molecule has 6 rings (SSSR count). The van der Waals surface area contributed by atoms with Gasteiger partial charge in [0.25, 0.3) is 0 Å². The van der Waals surface area contributed by atoms with Crippen molar-refractivity contribution in [1.82, 2.24) is 4.98 Å². The molecule has 3 aromatic carbocycles. The van der Waals surface area contributed by atoms with Gasteiger partial charge < -0.3 is 4.74 Å². The maximum absolute atomic E-state index is 5.90. The van der Waals surface area contributed by atoms with Crippen molar-refractivity contribution in [2.24, 2.45) is 0 Å². The smallest absolute Gasteiger partial charge is 0.211 e. The number of rotatable bonds is 6. The van der Waals surface area contributed by atoms with Crippen LogP contribution in [0.15, 0.2) is 152 Å². The summed E-state index contributed by atoms with van der Waals surface area (Å²) in [6.07, 6.45) is 10.2. The number of ether oxygens (including phenoxy) is 1. The van der Waals surface area contributed by atoms with E-state index in [1.54, 1.807) is 0 Å². The number of aromatic nitrogens is 3. The van der Waals surface area contributed by atoms with Gasteiger partial charge in [-0.15, -0.1) is 0 Å². The molecule has 0 N–H and O–H groups in total. The molecule has 0 saturated heterocycles. The van der Waals surface area contributed by atoms with E-state index >= 15 is 0 Å². The van der Waals surface area contributed by atoms with E-state index in [-0.39, 0.29) is 0 Å². The molecule has 0 aliphatic heterocycles. The predicted octanol–water partition coefficient (Wildman–Crippen LogP) is 6.76. The molecule has 0 aliphatic rings. The molecule has 0 unspecified atom stereocenters. The van der Waals surface area contributed by atoms with Gasteiger partial charge in [-0.3, -0.25) is 4.98 Å². The Labute approximate surface area is 216 Å². The summed E-state index contributed by atoms with van der Waals surface area (Å²) in [6, 6.07) is 40.8. The Morgan fingerprint density at radius 3 is 1.73 bits per heavy atom. The molecule has 4 nitrogen and oxygen atoms in total. The van der Waals surface area contributed by atoms with Crippen LogP contribution in [0.2, 0.25) is 0 Å². The minimum absolute atomic E-state index is 0.815. The fourth-order valence-corrected chi connectivity index (χ4v) is 4.25. The summed E-state index contributed by atoms with van der Waals surface area (Å²) in [6.45, 7) is 0. The van der Waals surface area contributed by atoms with Crippen LogP contribution in [0.25, 0.3) is 33.8 Å². The molecule has 0 radical (unpaired) electrons.